The lowest BCUT2D eigenvalue weighted by atomic mass is 9.78. The molecule has 2 rings (SSSR count). The Morgan fingerprint density at radius 3 is 1.96 bits per heavy atom. The van der Waals surface area contributed by atoms with Crippen LogP contribution in [-0.4, -0.2) is 31.2 Å². The Hall–Kier alpha value is -2.20. The number of hydrogen-bond donors (Lipinski definition) is 0. The third kappa shape index (κ3) is 6.45. The lowest BCUT2D eigenvalue weighted by Gasteiger charge is -2.26. The van der Waals surface area contributed by atoms with Gasteiger partial charge in [-0.3, -0.25) is 4.79 Å². The van der Waals surface area contributed by atoms with E-state index in [4.69, 9.17) is 25.8 Å². The van der Waals surface area contributed by atoms with Gasteiger partial charge in [-0.25, -0.2) is 0 Å². The summed E-state index contributed by atoms with van der Waals surface area (Å²) in [7, 11) is 0. The summed E-state index contributed by atoms with van der Waals surface area (Å²) in [5.41, 5.74) is 2.19. The van der Waals surface area contributed by atoms with E-state index >= 15 is 0 Å². The first kappa shape index (κ1) is 22.1. The van der Waals surface area contributed by atoms with E-state index in [2.05, 4.69) is 32.9 Å². The van der Waals surface area contributed by atoms with Crippen LogP contribution in [0.3, 0.4) is 0 Å². The molecule has 28 heavy (non-hydrogen) atoms. The van der Waals surface area contributed by atoms with Crippen molar-refractivity contribution in [2.45, 2.75) is 31.6 Å². The van der Waals surface area contributed by atoms with Crippen molar-refractivity contribution in [3.8, 4) is 11.5 Å². The highest BCUT2D eigenvalue weighted by Crippen LogP contribution is 2.33. The van der Waals surface area contributed by atoms with E-state index in [-0.39, 0.29) is 30.0 Å². The van der Waals surface area contributed by atoms with Gasteiger partial charge in [-0.1, -0.05) is 38.1 Å². The number of esters is 1. The Morgan fingerprint density at radius 1 is 1.00 bits per heavy atom. The lowest BCUT2D eigenvalue weighted by Crippen LogP contribution is -2.20. The van der Waals surface area contributed by atoms with Crippen molar-refractivity contribution in [2.75, 3.05) is 19.8 Å². The largest absolute Gasteiger partial charge is 0.493 e. The predicted molar refractivity (Wildman–Crippen MR) is 112 cm³/mol. The van der Waals surface area contributed by atoms with Crippen LogP contribution in [-0.2, 0) is 14.9 Å². The van der Waals surface area contributed by atoms with E-state index in [0.29, 0.717) is 6.61 Å². The highest BCUT2D eigenvalue weighted by molar-refractivity contribution is 6.20. The van der Waals surface area contributed by atoms with Gasteiger partial charge >= 0.3 is 5.97 Å². The molecule has 2 aromatic carbocycles. The SMILES string of the molecule is [CH2][CH]COc1ccc(C(C)(C)c2ccc(OCC(Cl)COC(C)=O)cc2)cc1. The normalized spacial score (nSPS) is 12.3. The molecule has 4 nitrogen and oxygen atoms in total. The molecule has 150 valence electrons. The number of benzene rings is 2. The molecule has 0 spiro atoms. The van der Waals surface area contributed by atoms with Gasteiger partial charge in [-0.2, -0.15) is 0 Å². The second kappa shape index (κ2) is 10.4. The van der Waals surface area contributed by atoms with Crippen molar-refractivity contribution in [1.82, 2.24) is 0 Å². The number of carbonyl (C=O) groups is 1. The van der Waals surface area contributed by atoms with Crippen molar-refractivity contribution in [1.29, 1.82) is 0 Å². The summed E-state index contributed by atoms with van der Waals surface area (Å²) in [6.45, 7) is 10.3. The third-order valence-electron chi connectivity index (χ3n) is 4.42. The number of rotatable bonds is 10. The Labute approximate surface area is 172 Å². The van der Waals surface area contributed by atoms with Crippen LogP contribution >= 0.6 is 11.6 Å². The van der Waals surface area contributed by atoms with Gasteiger partial charge in [-0.05, 0) is 48.7 Å². The van der Waals surface area contributed by atoms with Gasteiger partial charge in [0, 0.05) is 12.3 Å². The second-order valence-electron chi connectivity index (χ2n) is 6.98. The summed E-state index contributed by atoms with van der Waals surface area (Å²) in [4.78, 5) is 10.8. The van der Waals surface area contributed by atoms with Gasteiger partial charge in [0.1, 0.15) is 30.1 Å². The van der Waals surface area contributed by atoms with Crippen molar-refractivity contribution in [2.24, 2.45) is 0 Å². The average molecular weight is 403 g/mol. The summed E-state index contributed by atoms with van der Waals surface area (Å²) in [6, 6.07) is 16.1. The molecule has 1 unspecified atom stereocenters. The van der Waals surface area contributed by atoms with Gasteiger partial charge in [0.2, 0.25) is 0 Å². The van der Waals surface area contributed by atoms with Gasteiger partial charge < -0.3 is 14.2 Å². The lowest BCUT2D eigenvalue weighted by molar-refractivity contribution is -0.141. The third-order valence-corrected chi connectivity index (χ3v) is 4.67. The van der Waals surface area contributed by atoms with Crippen LogP contribution < -0.4 is 9.47 Å². The van der Waals surface area contributed by atoms with Crippen LogP contribution in [0.4, 0.5) is 0 Å². The zero-order valence-corrected chi connectivity index (χ0v) is 17.4. The molecular formula is C23H27ClO4. The summed E-state index contributed by atoms with van der Waals surface area (Å²) in [5.74, 6) is 1.20. The van der Waals surface area contributed by atoms with Crippen LogP contribution in [0.1, 0.15) is 31.9 Å². The first-order chi connectivity index (χ1) is 13.3. The molecule has 0 aliphatic heterocycles. The second-order valence-corrected chi connectivity index (χ2v) is 7.60. The fourth-order valence-electron chi connectivity index (χ4n) is 2.70. The molecule has 2 aromatic rings. The van der Waals surface area contributed by atoms with E-state index in [9.17, 15) is 4.79 Å². The van der Waals surface area contributed by atoms with Gasteiger partial charge in [0.25, 0.3) is 0 Å². The molecule has 0 fully saturated rings. The monoisotopic (exact) mass is 402 g/mol. The van der Waals surface area contributed by atoms with Crippen LogP contribution in [0.2, 0.25) is 0 Å². The molecule has 0 heterocycles. The topological polar surface area (TPSA) is 44.8 Å². The minimum atomic E-state index is -0.387. The number of carbonyl (C=O) groups excluding carboxylic acids is 1. The van der Waals surface area contributed by atoms with E-state index in [0.717, 1.165) is 11.5 Å². The quantitative estimate of drug-likeness (QED) is 0.415. The summed E-state index contributed by atoms with van der Waals surface area (Å²) >= 11 is 6.09. The molecule has 0 aromatic heterocycles. The molecular weight excluding hydrogens is 376 g/mol. The summed E-state index contributed by atoms with van der Waals surface area (Å²) in [6.07, 6.45) is 1.73. The molecule has 0 aliphatic carbocycles. The van der Waals surface area contributed by atoms with Crippen LogP contribution in [0.15, 0.2) is 48.5 Å². The fourth-order valence-corrected chi connectivity index (χ4v) is 2.83. The molecule has 0 saturated carbocycles. The number of hydrogen-bond acceptors (Lipinski definition) is 4. The maximum absolute atomic E-state index is 10.8. The van der Waals surface area contributed by atoms with Gasteiger partial charge in [0.15, 0.2) is 0 Å². The van der Waals surface area contributed by atoms with Crippen LogP contribution in [0.25, 0.3) is 0 Å². The number of alkyl halides is 1. The fraction of sp³-hybridized carbons (Fsp3) is 0.348. The van der Waals surface area contributed by atoms with Crippen LogP contribution in [0.5, 0.6) is 11.5 Å². The first-order valence-corrected chi connectivity index (χ1v) is 9.61. The van der Waals surface area contributed by atoms with Crippen molar-refractivity contribution < 1.29 is 19.0 Å². The van der Waals surface area contributed by atoms with E-state index in [1.807, 2.05) is 36.4 Å². The van der Waals surface area contributed by atoms with E-state index in [1.54, 1.807) is 6.42 Å². The first-order valence-electron chi connectivity index (χ1n) is 9.18. The average Bonchev–Trinajstić information content (AvgIpc) is 2.69. The predicted octanol–water partition coefficient (Wildman–Crippen LogP) is 4.98. The molecule has 5 heteroatoms. The smallest absolute Gasteiger partial charge is 0.302 e. The Kier molecular flexibility index (Phi) is 8.18. The van der Waals surface area contributed by atoms with Crippen molar-refractivity contribution in [3.05, 3.63) is 73.0 Å². The Balaban J connectivity index is 1.97. The molecule has 0 amide bonds. The van der Waals surface area contributed by atoms with Gasteiger partial charge in [0.05, 0.1) is 6.61 Å². The highest BCUT2D eigenvalue weighted by atomic mass is 35.5. The Morgan fingerprint density at radius 2 is 1.50 bits per heavy atom. The van der Waals surface area contributed by atoms with E-state index < -0.39 is 0 Å². The molecule has 0 bridgehead atoms. The molecule has 0 aliphatic rings. The number of ether oxygens (including phenoxy) is 3. The molecule has 2 radical (unpaired) electrons. The van der Waals surface area contributed by atoms with Crippen LogP contribution in [0, 0.1) is 13.3 Å². The van der Waals surface area contributed by atoms with Crippen molar-refractivity contribution >= 4 is 17.6 Å². The molecule has 0 saturated heterocycles. The highest BCUT2D eigenvalue weighted by Gasteiger charge is 2.23. The van der Waals surface area contributed by atoms with E-state index in [1.165, 1.54) is 18.1 Å². The Bertz CT molecular complexity index is 738. The maximum atomic E-state index is 10.8. The summed E-state index contributed by atoms with van der Waals surface area (Å²) in [5, 5.41) is -0.387. The maximum Gasteiger partial charge on any atom is 0.302 e. The number of halogens is 1. The summed E-state index contributed by atoms with van der Waals surface area (Å²) < 4.78 is 16.1. The van der Waals surface area contributed by atoms with Crippen molar-refractivity contribution in [3.63, 3.8) is 0 Å². The standard InChI is InChI=1S/C23H27ClO4/c1-5-14-26-21-10-6-18(7-11-21)23(3,4)19-8-12-22(13-9-19)28-16-20(24)15-27-17(2)25/h5-13,20H,1,14-16H2,2-4H3. The zero-order chi connectivity index (χ0) is 20.6. The van der Waals surface area contributed by atoms with Gasteiger partial charge in [-0.15, -0.1) is 11.6 Å². The minimum Gasteiger partial charge on any atom is -0.493 e. The zero-order valence-electron chi connectivity index (χ0n) is 16.6. The minimum absolute atomic E-state index is 0.133. The molecule has 0 N–H and O–H groups in total. The molecule has 1 atom stereocenters.